The van der Waals surface area contributed by atoms with Crippen LogP contribution in [0.25, 0.3) is 11.1 Å². The van der Waals surface area contributed by atoms with Crippen molar-refractivity contribution in [3.05, 3.63) is 209 Å². The molecule has 4 heteroatoms. The van der Waals surface area contributed by atoms with Crippen molar-refractivity contribution < 1.29 is 9.47 Å². The maximum atomic E-state index is 7.01. The van der Waals surface area contributed by atoms with E-state index in [4.69, 9.17) is 9.47 Å². The number of ether oxygens (including phenoxy) is 2. The fourth-order valence-corrected chi connectivity index (χ4v) is 16.1. The lowest BCUT2D eigenvalue weighted by Gasteiger charge is -2.50. The van der Waals surface area contributed by atoms with Crippen LogP contribution in [-0.4, -0.2) is 8.07 Å². The standard InChI is InChI=1S/C51H35NO2Si/c1-32-25-29-42-48-46(32)53-44-23-14-24-45-50(44)55(48,37-19-10-5-11-20-37)49-43(30-26-33(2)47(49)54-45)52(42)36-27-28-41-39(31-36)38-21-12-13-22-40(38)51(41,34-15-6-3-7-16-34)35-17-8-4-9-18-35/h3-31H,1-2H3. The van der Waals surface area contributed by atoms with Gasteiger partial charge in [0.1, 0.15) is 23.0 Å². The maximum Gasteiger partial charge on any atom is 0.202 e. The van der Waals surface area contributed by atoms with Crippen LogP contribution in [0.5, 0.6) is 23.0 Å². The van der Waals surface area contributed by atoms with Crippen molar-refractivity contribution in [2.24, 2.45) is 0 Å². The number of fused-ring (bicyclic) bond motifs is 3. The third kappa shape index (κ3) is 3.75. The van der Waals surface area contributed by atoms with Crippen LogP contribution in [0.2, 0.25) is 0 Å². The molecule has 3 heterocycles. The molecule has 0 fully saturated rings. The number of nitrogens with zero attached hydrogens (tertiary/aromatic N) is 1. The Balaban J connectivity index is 1.18. The van der Waals surface area contributed by atoms with Gasteiger partial charge in [0.2, 0.25) is 8.07 Å². The van der Waals surface area contributed by atoms with Crippen molar-refractivity contribution in [3.63, 3.8) is 0 Å². The van der Waals surface area contributed by atoms with E-state index in [1.807, 2.05) is 0 Å². The van der Waals surface area contributed by atoms with E-state index in [0.717, 1.165) is 39.8 Å². The Morgan fingerprint density at radius 1 is 0.455 bits per heavy atom. The topological polar surface area (TPSA) is 21.7 Å². The molecule has 0 N–H and O–H groups in total. The minimum absolute atomic E-state index is 0.460. The molecule has 0 bridgehead atoms. The number of hydrogen-bond acceptors (Lipinski definition) is 3. The summed E-state index contributed by atoms with van der Waals surface area (Å²) >= 11 is 0. The van der Waals surface area contributed by atoms with Crippen LogP contribution >= 0.6 is 0 Å². The smallest absolute Gasteiger partial charge is 0.202 e. The van der Waals surface area contributed by atoms with Gasteiger partial charge in [-0.1, -0.05) is 140 Å². The summed E-state index contributed by atoms with van der Waals surface area (Å²) in [6.07, 6.45) is 0. The Kier molecular flexibility index (Phi) is 6.14. The second-order valence-electron chi connectivity index (χ2n) is 15.3. The number of benzene rings is 8. The van der Waals surface area contributed by atoms with Crippen molar-refractivity contribution in [1.82, 2.24) is 0 Å². The second kappa shape index (κ2) is 11.0. The third-order valence-corrected chi connectivity index (χ3v) is 17.5. The number of anilines is 3. The molecule has 0 saturated heterocycles. The lowest BCUT2D eigenvalue weighted by atomic mass is 9.68. The summed E-state index contributed by atoms with van der Waals surface area (Å²) in [5.74, 6) is 3.75. The molecule has 3 nitrogen and oxygen atoms in total. The first-order valence-corrected chi connectivity index (χ1v) is 21.1. The van der Waals surface area contributed by atoms with Gasteiger partial charge in [0.25, 0.3) is 0 Å². The molecular formula is C51H35NO2Si. The highest BCUT2D eigenvalue weighted by Gasteiger charge is 2.59. The summed E-state index contributed by atoms with van der Waals surface area (Å²) < 4.78 is 14.0. The van der Waals surface area contributed by atoms with Gasteiger partial charge in [0.15, 0.2) is 0 Å². The van der Waals surface area contributed by atoms with Gasteiger partial charge in [-0.25, -0.2) is 0 Å². The first kappa shape index (κ1) is 30.8. The molecule has 0 amide bonds. The molecule has 4 aliphatic rings. The Bertz CT molecular complexity index is 2780. The third-order valence-electron chi connectivity index (χ3n) is 12.6. The molecule has 12 rings (SSSR count). The molecule has 3 aliphatic heterocycles. The van der Waals surface area contributed by atoms with Crippen molar-refractivity contribution >= 4 is 45.9 Å². The monoisotopic (exact) mass is 721 g/mol. The van der Waals surface area contributed by atoms with Gasteiger partial charge < -0.3 is 14.4 Å². The van der Waals surface area contributed by atoms with E-state index in [1.165, 1.54) is 65.5 Å². The van der Waals surface area contributed by atoms with Gasteiger partial charge in [-0.2, -0.15) is 0 Å². The zero-order valence-corrected chi connectivity index (χ0v) is 31.5. The molecule has 0 radical (unpaired) electrons. The van der Waals surface area contributed by atoms with E-state index >= 15 is 0 Å². The molecule has 0 aromatic heterocycles. The maximum absolute atomic E-state index is 7.01. The van der Waals surface area contributed by atoms with Crippen LogP contribution in [0.1, 0.15) is 33.4 Å². The zero-order chi connectivity index (χ0) is 36.5. The molecular weight excluding hydrogens is 687 g/mol. The van der Waals surface area contributed by atoms with Crippen molar-refractivity contribution in [3.8, 4) is 34.1 Å². The molecule has 0 saturated carbocycles. The normalized spacial score (nSPS) is 15.3. The minimum atomic E-state index is -2.95. The molecule has 0 spiro atoms. The average molecular weight is 722 g/mol. The second-order valence-corrected chi connectivity index (χ2v) is 18.8. The van der Waals surface area contributed by atoms with Crippen LogP contribution in [0.4, 0.5) is 17.1 Å². The van der Waals surface area contributed by atoms with Gasteiger partial charge in [0.05, 0.1) is 16.8 Å². The summed E-state index contributed by atoms with van der Waals surface area (Å²) in [5.41, 5.74) is 12.9. The molecule has 0 atom stereocenters. The van der Waals surface area contributed by atoms with Crippen LogP contribution < -0.4 is 35.1 Å². The number of aryl methyl sites for hydroxylation is 2. The zero-order valence-electron chi connectivity index (χ0n) is 30.5. The van der Waals surface area contributed by atoms with E-state index in [2.05, 4.69) is 195 Å². The van der Waals surface area contributed by atoms with Crippen molar-refractivity contribution in [1.29, 1.82) is 0 Å². The van der Waals surface area contributed by atoms with Crippen LogP contribution in [0.3, 0.4) is 0 Å². The first-order valence-electron chi connectivity index (χ1n) is 19.1. The van der Waals surface area contributed by atoms with Gasteiger partial charge in [0, 0.05) is 21.2 Å². The van der Waals surface area contributed by atoms with Gasteiger partial charge >= 0.3 is 0 Å². The minimum Gasteiger partial charge on any atom is -0.457 e. The molecule has 8 aromatic carbocycles. The molecule has 0 unspecified atom stereocenters. The summed E-state index contributed by atoms with van der Waals surface area (Å²) in [5, 5.41) is 5.14. The van der Waals surface area contributed by atoms with Gasteiger partial charge in [-0.05, 0) is 99.9 Å². The summed E-state index contributed by atoms with van der Waals surface area (Å²) in [6.45, 7) is 4.37. The van der Waals surface area contributed by atoms with Gasteiger partial charge in [-0.15, -0.1) is 0 Å². The molecule has 1 aliphatic carbocycles. The molecule has 8 aromatic rings. The van der Waals surface area contributed by atoms with E-state index in [1.54, 1.807) is 0 Å². The fourth-order valence-electron chi connectivity index (χ4n) is 10.5. The van der Waals surface area contributed by atoms with Crippen molar-refractivity contribution in [2.45, 2.75) is 19.3 Å². The Morgan fingerprint density at radius 2 is 0.982 bits per heavy atom. The average Bonchev–Trinajstić information content (AvgIpc) is 3.54. The van der Waals surface area contributed by atoms with Crippen LogP contribution in [0, 0.1) is 13.8 Å². The quantitative estimate of drug-likeness (QED) is 0.169. The summed E-state index contributed by atoms with van der Waals surface area (Å²) in [7, 11) is -2.95. The lowest BCUT2D eigenvalue weighted by molar-refractivity contribution is 0.460. The van der Waals surface area contributed by atoms with Gasteiger partial charge in [-0.3, -0.25) is 0 Å². The Labute approximate surface area is 321 Å². The highest BCUT2D eigenvalue weighted by atomic mass is 28.3. The number of hydrogen-bond donors (Lipinski definition) is 0. The molecule has 55 heavy (non-hydrogen) atoms. The van der Waals surface area contributed by atoms with E-state index in [-0.39, 0.29) is 0 Å². The predicted octanol–water partition coefficient (Wildman–Crippen LogP) is 10.0. The fraction of sp³-hybridized carbons (Fsp3) is 0.0588. The van der Waals surface area contributed by atoms with E-state index < -0.39 is 13.5 Å². The van der Waals surface area contributed by atoms with Crippen molar-refractivity contribution in [2.75, 3.05) is 4.90 Å². The van der Waals surface area contributed by atoms with Crippen LogP contribution in [0.15, 0.2) is 176 Å². The Morgan fingerprint density at radius 3 is 1.58 bits per heavy atom. The highest BCUT2D eigenvalue weighted by molar-refractivity contribution is 7.23. The SMILES string of the molecule is Cc1ccc2c3c1Oc1cccc4c1[Si]3(c1ccccc1)c1c(ccc(C)c1O4)N2c1ccc2c(c1)-c1ccccc1C2(c1ccccc1)c1ccccc1. The summed E-state index contributed by atoms with van der Waals surface area (Å²) in [4.78, 5) is 2.49. The first-order chi connectivity index (χ1) is 27.1. The summed E-state index contributed by atoms with van der Waals surface area (Å²) in [6, 6.07) is 64.9. The van der Waals surface area contributed by atoms with Crippen LogP contribution in [-0.2, 0) is 5.41 Å². The van der Waals surface area contributed by atoms with E-state index in [0.29, 0.717) is 0 Å². The van der Waals surface area contributed by atoms with E-state index in [9.17, 15) is 0 Å². The Hall–Kier alpha value is -6.62. The highest BCUT2D eigenvalue weighted by Crippen LogP contribution is 2.58. The predicted molar refractivity (Wildman–Crippen MR) is 225 cm³/mol. The largest absolute Gasteiger partial charge is 0.457 e. The molecule has 260 valence electrons. The number of rotatable bonds is 4. The lowest BCUT2D eigenvalue weighted by Crippen LogP contribution is -2.79.